The topological polar surface area (TPSA) is 163 Å². The molecule has 1 aliphatic heterocycles. The molecule has 1 aliphatic rings. The maximum absolute atomic E-state index is 12.8. The van der Waals surface area contributed by atoms with Gasteiger partial charge in [-0.3, -0.25) is 19.1 Å². The zero-order valence-electron chi connectivity index (χ0n) is 26.9. The second kappa shape index (κ2) is 17.0. The van der Waals surface area contributed by atoms with Crippen molar-refractivity contribution in [2.45, 2.75) is 98.5 Å². The highest BCUT2D eigenvalue weighted by Gasteiger charge is 2.40. The number of quaternary nitrogens is 2. The number of carbonyl (C=O) groups excluding carboxylic acids is 1. The van der Waals surface area contributed by atoms with Crippen molar-refractivity contribution in [3.05, 3.63) is 32.6 Å². The van der Waals surface area contributed by atoms with E-state index in [0.717, 1.165) is 65.8 Å². The third kappa shape index (κ3) is 11.2. The zero-order chi connectivity index (χ0) is 32.3. The zero-order valence-corrected chi connectivity index (χ0v) is 27.8. The summed E-state index contributed by atoms with van der Waals surface area (Å²) in [5, 5.41) is 0. The Morgan fingerprint density at radius 1 is 0.977 bits per heavy atom. The van der Waals surface area contributed by atoms with Crippen LogP contribution in [0.3, 0.4) is 0 Å². The molecule has 14 heteroatoms. The molecular weight excluding hydrogens is 579 g/mol. The summed E-state index contributed by atoms with van der Waals surface area (Å²) in [7, 11) is -5.30. The first kappa shape index (κ1) is 37.3. The first-order valence-corrected chi connectivity index (χ1v) is 17.3. The van der Waals surface area contributed by atoms with Gasteiger partial charge in [-0.2, -0.15) is 0 Å². The van der Waals surface area contributed by atoms with Gasteiger partial charge in [0.25, 0.3) is 5.56 Å². The molecule has 2 heterocycles. The number of aromatic nitrogens is 2. The number of carbonyl (C=O) groups is 1. The minimum absolute atomic E-state index is 0.0208. The van der Waals surface area contributed by atoms with E-state index in [1.165, 1.54) is 32.5 Å². The normalized spacial score (nSPS) is 19.6. The van der Waals surface area contributed by atoms with Crippen LogP contribution in [0.1, 0.15) is 84.9 Å². The fraction of sp³-hybridized carbons (Fsp3) is 0.828. The van der Waals surface area contributed by atoms with Gasteiger partial charge < -0.3 is 37.3 Å². The highest BCUT2D eigenvalue weighted by Crippen LogP contribution is 2.34. The van der Waals surface area contributed by atoms with E-state index in [9.17, 15) is 28.7 Å². The average molecular weight is 633 g/mol. The van der Waals surface area contributed by atoms with Crippen LogP contribution in [0.4, 0.5) is 0 Å². The second-order valence-corrected chi connectivity index (χ2v) is 12.9. The van der Waals surface area contributed by atoms with Crippen LogP contribution in [0.15, 0.2) is 15.8 Å². The van der Waals surface area contributed by atoms with Crippen molar-refractivity contribution in [1.29, 1.82) is 0 Å². The molecule has 0 aliphatic carbocycles. The molecule has 0 saturated carbocycles. The molecule has 0 spiro atoms. The quantitative estimate of drug-likeness (QED) is 0.0973. The Kier molecular flexibility index (Phi) is 14.8. The molecule has 1 saturated heterocycles. The molecule has 0 bridgehead atoms. The van der Waals surface area contributed by atoms with Crippen LogP contribution in [-0.2, 0) is 23.4 Å². The lowest BCUT2D eigenvalue weighted by Crippen LogP contribution is -2.50. The summed E-state index contributed by atoms with van der Waals surface area (Å²) in [5.74, 6) is -0.476. The number of unbranched alkanes of at least 4 members (excludes halogenated alkanes) is 2. The lowest BCUT2D eigenvalue weighted by molar-refractivity contribution is -0.930. The molecule has 1 N–H and O–H groups in total. The minimum atomic E-state index is -5.30. The summed E-state index contributed by atoms with van der Waals surface area (Å²) < 4.78 is 30.2. The molecular formula is C29H53N4O9P. The minimum Gasteiger partial charge on any atom is -0.790 e. The van der Waals surface area contributed by atoms with Crippen molar-refractivity contribution in [2.75, 3.05) is 59.0 Å². The van der Waals surface area contributed by atoms with Crippen LogP contribution < -0.4 is 21.0 Å². The number of phosphoric acid groups is 1. The van der Waals surface area contributed by atoms with Crippen LogP contribution in [0.2, 0.25) is 0 Å². The van der Waals surface area contributed by atoms with E-state index < -0.39 is 50.1 Å². The molecule has 13 nitrogen and oxygen atoms in total. The standard InChI is InChI=1S/C29H53N4O9P/c1-7-32(8-2,9-3)17-14-15-19-33(10-4,11-5)18-13-12-16-27(34)42-24-20-26(41-25(24)22-40-43(37,38)39)31-21-23(6)28(35)30-29(31)36/h21,24-26H,7-20,22H2,1-6H3,(H-2,30,35,36,37,38,39). The lowest BCUT2D eigenvalue weighted by Gasteiger charge is -2.38. The highest BCUT2D eigenvalue weighted by molar-refractivity contribution is 7.43. The molecule has 248 valence electrons. The van der Waals surface area contributed by atoms with Crippen molar-refractivity contribution in [3.8, 4) is 0 Å². The number of hydrogen-bond acceptors (Lipinski definition) is 9. The Labute approximate surface area is 255 Å². The van der Waals surface area contributed by atoms with Gasteiger partial charge in [0.2, 0.25) is 0 Å². The molecule has 0 radical (unpaired) electrons. The summed E-state index contributed by atoms with van der Waals surface area (Å²) in [6, 6.07) is 0. The summed E-state index contributed by atoms with van der Waals surface area (Å²) in [6.07, 6.45) is 2.40. The predicted octanol–water partition coefficient (Wildman–Crippen LogP) is 1.57. The molecule has 3 unspecified atom stereocenters. The Morgan fingerprint density at radius 2 is 1.51 bits per heavy atom. The van der Waals surface area contributed by atoms with E-state index in [0.29, 0.717) is 6.42 Å². The van der Waals surface area contributed by atoms with Crippen LogP contribution in [0.5, 0.6) is 0 Å². The number of hydrogen-bond donors (Lipinski definition) is 1. The summed E-state index contributed by atoms with van der Waals surface area (Å²) in [6.45, 7) is 21.0. The van der Waals surface area contributed by atoms with Crippen molar-refractivity contribution < 1.29 is 42.1 Å². The molecule has 3 atom stereocenters. The molecule has 1 aromatic heterocycles. The number of phosphoric ester groups is 1. The number of ether oxygens (including phenoxy) is 2. The van der Waals surface area contributed by atoms with Gasteiger partial charge in [0.05, 0.1) is 66.8 Å². The Bertz CT molecular complexity index is 1160. The van der Waals surface area contributed by atoms with E-state index >= 15 is 0 Å². The second-order valence-electron chi connectivity index (χ2n) is 11.7. The molecule has 0 amide bonds. The monoisotopic (exact) mass is 632 g/mol. The van der Waals surface area contributed by atoms with Crippen LogP contribution >= 0.6 is 7.82 Å². The molecule has 0 aromatic carbocycles. The highest BCUT2D eigenvalue weighted by atomic mass is 31.2. The number of aryl methyl sites for hydroxylation is 1. The van der Waals surface area contributed by atoms with Gasteiger partial charge in [-0.15, -0.1) is 0 Å². The van der Waals surface area contributed by atoms with Crippen molar-refractivity contribution in [2.24, 2.45) is 0 Å². The van der Waals surface area contributed by atoms with Gasteiger partial charge in [0, 0.05) is 37.4 Å². The Balaban J connectivity index is 1.93. The molecule has 43 heavy (non-hydrogen) atoms. The number of H-pyrrole nitrogens is 1. The van der Waals surface area contributed by atoms with E-state index in [2.05, 4.69) is 44.1 Å². The van der Waals surface area contributed by atoms with Crippen molar-refractivity contribution in [3.63, 3.8) is 0 Å². The third-order valence-electron chi connectivity index (χ3n) is 9.45. The molecule has 1 aromatic rings. The average Bonchev–Trinajstić information content (AvgIpc) is 3.37. The Morgan fingerprint density at radius 3 is 2.05 bits per heavy atom. The summed E-state index contributed by atoms with van der Waals surface area (Å²) in [5.41, 5.74) is -0.998. The van der Waals surface area contributed by atoms with Gasteiger partial charge in [-0.25, -0.2) is 4.79 Å². The SMILES string of the molecule is CC[N+](CC)(CC)CCCC[N+](CC)(CC)CCCCC(=O)OC1CC(n2cc(C)c(=O)[nH]c2=O)OC1COP(=O)([O-])[O-]. The van der Waals surface area contributed by atoms with Crippen LogP contribution in [0.25, 0.3) is 0 Å². The smallest absolute Gasteiger partial charge is 0.330 e. The third-order valence-corrected chi connectivity index (χ3v) is 9.91. The van der Waals surface area contributed by atoms with Crippen molar-refractivity contribution >= 4 is 13.8 Å². The molecule has 2 rings (SSSR count). The largest absolute Gasteiger partial charge is 0.790 e. The van der Waals surface area contributed by atoms with Crippen molar-refractivity contribution in [1.82, 2.24) is 9.55 Å². The number of nitrogens with zero attached hydrogens (tertiary/aromatic N) is 3. The van der Waals surface area contributed by atoms with Gasteiger partial charge in [-0.1, -0.05) is 0 Å². The summed E-state index contributed by atoms with van der Waals surface area (Å²) >= 11 is 0. The molecule has 1 fully saturated rings. The number of esters is 1. The van der Waals surface area contributed by atoms with Crippen LogP contribution in [0, 0.1) is 6.92 Å². The van der Waals surface area contributed by atoms with E-state index in [-0.39, 0.29) is 18.4 Å². The van der Waals surface area contributed by atoms with E-state index in [4.69, 9.17) is 9.47 Å². The lowest BCUT2D eigenvalue weighted by atomic mass is 10.1. The van der Waals surface area contributed by atoms with E-state index in [1.54, 1.807) is 0 Å². The first-order chi connectivity index (χ1) is 20.3. The van der Waals surface area contributed by atoms with Gasteiger partial charge in [0.1, 0.15) is 18.4 Å². The van der Waals surface area contributed by atoms with Crippen LogP contribution in [-0.4, -0.2) is 95.7 Å². The fourth-order valence-electron chi connectivity index (χ4n) is 6.06. The van der Waals surface area contributed by atoms with Gasteiger partial charge >= 0.3 is 11.7 Å². The van der Waals surface area contributed by atoms with Gasteiger partial charge in [-0.05, 0) is 54.4 Å². The number of nitrogens with one attached hydrogen (secondary N) is 1. The first-order valence-electron chi connectivity index (χ1n) is 15.8. The Hall–Kier alpha value is -1.86. The van der Waals surface area contributed by atoms with Gasteiger partial charge in [0.15, 0.2) is 0 Å². The number of rotatable bonds is 20. The summed E-state index contributed by atoms with van der Waals surface area (Å²) in [4.78, 5) is 61.2. The maximum Gasteiger partial charge on any atom is 0.330 e. The maximum atomic E-state index is 12.8. The van der Waals surface area contributed by atoms with E-state index in [1.807, 2.05) is 0 Å². The predicted molar refractivity (Wildman–Crippen MR) is 159 cm³/mol. The number of aromatic amines is 1. The fourth-order valence-corrected chi connectivity index (χ4v) is 6.39.